The van der Waals surface area contributed by atoms with Gasteiger partial charge in [-0.25, -0.2) is 0 Å². The topological polar surface area (TPSA) is 84.0 Å². The Kier molecular flexibility index (Phi) is 5.95. The highest BCUT2D eigenvalue weighted by molar-refractivity contribution is 7.18. The fourth-order valence-corrected chi connectivity index (χ4v) is 3.29. The molecule has 0 aliphatic carbocycles. The van der Waals surface area contributed by atoms with Crippen LogP contribution in [-0.4, -0.2) is 29.1 Å². The molecule has 136 valence electrons. The van der Waals surface area contributed by atoms with E-state index in [0.29, 0.717) is 20.7 Å². The summed E-state index contributed by atoms with van der Waals surface area (Å²) < 4.78 is 0. The molecule has 0 fully saturated rings. The molecule has 0 spiro atoms. The van der Waals surface area contributed by atoms with Crippen molar-refractivity contribution in [1.82, 2.24) is 15.5 Å². The number of hydrogen-bond donors (Lipinski definition) is 2. The van der Waals surface area contributed by atoms with Crippen LogP contribution in [0.5, 0.6) is 0 Å². The SMILES string of the molecule is CNC(=O)c1ccc(/C=C/C(=O)Nc2nnc(-c3ccccc3Cl)s2)cc1. The van der Waals surface area contributed by atoms with Gasteiger partial charge in [-0.05, 0) is 29.8 Å². The van der Waals surface area contributed by atoms with E-state index in [1.807, 2.05) is 18.2 Å². The zero-order chi connectivity index (χ0) is 19.2. The number of rotatable bonds is 5. The van der Waals surface area contributed by atoms with Crippen LogP contribution in [0.15, 0.2) is 54.6 Å². The fourth-order valence-electron chi connectivity index (χ4n) is 2.23. The van der Waals surface area contributed by atoms with Crippen LogP contribution in [-0.2, 0) is 4.79 Å². The minimum Gasteiger partial charge on any atom is -0.355 e. The second-order valence-corrected chi connectivity index (χ2v) is 6.80. The first-order valence-corrected chi connectivity index (χ1v) is 9.16. The molecule has 0 unspecified atom stereocenters. The Hall–Kier alpha value is -3.03. The van der Waals surface area contributed by atoms with Crippen molar-refractivity contribution < 1.29 is 9.59 Å². The summed E-state index contributed by atoms with van der Waals surface area (Å²) in [6.45, 7) is 0. The number of amides is 2. The number of nitrogens with one attached hydrogen (secondary N) is 2. The van der Waals surface area contributed by atoms with Crippen LogP contribution in [0, 0.1) is 0 Å². The number of halogens is 1. The van der Waals surface area contributed by atoms with E-state index < -0.39 is 0 Å². The number of nitrogens with zero attached hydrogens (tertiary/aromatic N) is 2. The Labute approximate surface area is 164 Å². The summed E-state index contributed by atoms with van der Waals surface area (Å²) in [6.07, 6.45) is 3.05. The van der Waals surface area contributed by atoms with Crippen molar-refractivity contribution in [3.05, 3.63) is 70.8 Å². The van der Waals surface area contributed by atoms with E-state index in [2.05, 4.69) is 20.8 Å². The Bertz CT molecular complexity index is 999. The lowest BCUT2D eigenvalue weighted by molar-refractivity contribution is -0.111. The Balaban J connectivity index is 1.63. The van der Waals surface area contributed by atoms with Gasteiger partial charge < -0.3 is 5.32 Å². The first kappa shape index (κ1) is 18.8. The quantitative estimate of drug-likeness (QED) is 0.639. The van der Waals surface area contributed by atoms with E-state index in [0.717, 1.165) is 11.1 Å². The second kappa shape index (κ2) is 8.57. The number of benzene rings is 2. The molecule has 1 heterocycles. The maximum absolute atomic E-state index is 12.1. The van der Waals surface area contributed by atoms with E-state index in [1.165, 1.54) is 17.4 Å². The van der Waals surface area contributed by atoms with Crippen LogP contribution in [0.1, 0.15) is 15.9 Å². The fraction of sp³-hybridized carbons (Fsp3) is 0.0526. The predicted octanol–water partition coefficient (Wildman–Crippen LogP) is 3.87. The number of carbonyl (C=O) groups is 2. The van der Waals surface area contributed by atoms with Crippen LogP contribution in [0.25, 0.3) is 16.6 Å². The maximum Gasteiger partial charge on any atom is 0.251 e. The highest BCUT2D eigenvalue weighted by Crippen LogP contribution is 2.31. The highest BCUT2D eigenvalue weighted by atomic mass is 35.5. The largest absolute Gasteiger partial charge is 0.355 e. The molecule has 0 saturated carbocycles. The molecule has 3 rings (SSSR count). The maximum atomic E-state index is 12.1. The van der Waals surface area contributed by atoms with Gasteiger partial charge in [-0.15, -0.1) is 10.2 Å². The van der Waals surface area contributed by atoms with Crippen LogP contribution < -0.4 is 10.6 Å². The third-order valence-electron chi connectivity index (χ3n) is 3.59. The molecule has 3 aromatic rings. The van der Waals surface area contributed by atoms with Crippen molar-refractivity contribution >= 4 is 46.0 Å². The van der Waals surface area contributed by atoms with Crippen molar-refractivity contribution in [3.8, 4) is 10.6 Å². The Morgan fingerprint density at radius 2 is 1.81 bits per heavy atom. The number of anilines is 1. The molecule has 0 bridgehead atoms. The van der Waals surface area contributed by atoms with E-state index in [-0.39, 0.29) is 11.8 Å². The summed E-state index contributed by atoms with van der Waals surface area (Å²) in [6, 6.07) is 14.2. The molecular weight excluding hydrogens is 384 g/mol. The van der Waals surface area contributed by atoms with Crippen LogP contribution in [0.4, 0.5) is 5.13 Å². The molecule has 2 N–H and O–H groups in total. The summed E-state index contributed by atoms with van der Waals surface area (Å²) in [5.74, 6) is -0.485. The molecular formula is C19H15ClN4O2S. The van der Waals surface area contributed by atoms with Crippen molar-refractivity contribution in [2.45, 2.75) is 0 Å². The van der Waals surface area contributed by atoms with Crippen molar-refractivity contribution in [1.29, 1.82) is 0 Å². The van der Waals surface area contributed by atoms with Gasteiger partial charge in [0.15, 0.2) is 5.01 Å². The molecule has 0 saturated heterocycles. The predicted molar refractivity (Wildman–Crippen MR) is 108 cm³/mol. The van der Waals surface area contributed by atoms with Crippen LogP contribution in [0.3, 0.4) is 0 Å². The van der Waals surface area contributed by atoms with Gasteiger partial charge in [-0.3, -0.25) is 14.9 Å². The zero-order valence-electron chi connectivity index (χ0n) is 14.3. The summed E-state index contributed by atoms with van der Waals surface area (Å²) >= 11 is 7.39. The summed E-state index contributed by atoms with van der Waals surface area (Å²) in [4.78, 5) is 23.6. The summed E-state index contributed by atoms with van der Waals surface area (Å²) in [5.41, 5.74) is 2.12. The lowest BCUT2D eigenvalue weighted by atomic mass is 10.1. The summed E-state index contributed by atoms with van der Waals surface area (Å²) in [7, 11) is 1.57. The standard InChI is InChI=1S/C19H15ClN4O2S/c1-21-17(26)13-9-6-12(7-10-13)8-11-16(25)22-19-24-23-18(27-19)14-4-2-3-5-15(14)20/h2-11H,1H3,(H,21,26)(H,22,24,25)/b11-8+. The number of carbonyl (C=O) groups excluding carboxylic acids is 2. The monoisotopic (exact) mass is 398 g/mol. The lowest BCUT2D eigenvalue weighted by Gasteiger charge is -2.00. The van der Waals surface area contributed by atoms with Crippen molar-refractivity contribution in [2.24, 2.45) is 0 Å². The van der Waals surface area contributed by atoms with Crippen LogP contribution >= 0.6 is 22.9 Å². The Morgan fingerprint density at radius 3 is 2.52 bits per heavy atom. The Morgan fingerprint density at radius 1 is 1.07 bits per heavy atom. The van der Waals surface area contributed by atoms with E-state index in [1.54, 1.807) is 43.5 Å². The molecule has 2 aromatic carbocycles. The molecule has 1 aromatic heterocycles. The van der Waals surface area contributed by atoms with E-state index >= 15 is 0 Å². The van der Waals surface area contributed by atoms with E-state index in [9.17, 15) is 9.59 Å². The molecule has 0 radical (unpaired) electrons. The van der Waals surface area contributed by atoms with Gasteiger partial charge in [0.05, 0.1) is 5.02 Å². The van der Waals surface area contributed by atoms with Gasteiger partial charge in [-0.1, -0.05) is 53.3 Å². The van der Waals surface area contributed by atoms with Gasteiger partial charge >= 0.3 is 0 Å². The molecule has 6 nitrogen and oxygen atoms in total. The minimum atomic E-state index is -0.327. The van der Waals surface area contributed by atoms with Crippen molar-refractivity contribution in [2.75, 3.05) is 12.4 Å². The van der Waals surface area contributed by atoms with Gasteiger partial charge in [0.2, 0.25) is 11.0 Å². The van der Waals surface area contributed by atoms with Crippen LogP contribution in [0.2, 0.25) is 5.02 Å². The first-order valence-electron chi connectivity index (χ1n) is 7.96. The number of hydrogen-bond acceptors (Lipinski definition) is 5. The average molecular weight is 399 g/mol. The average Bonchev–Trinajstić information content (AvgIpc) is 3.14. The zero-order valence-corrected chi connectivity index (χ0v) is 15.8. The molecule has 0 aliphatic rings. The number of aromatic nitrogens is 2. The van der Waals surface area contributed by atoms with Gasteiger partial charge in [-0.2, -0.15) is 0 Å². The third kappa shape index (κ3) is 4.78. The van der Waals surface area contributed by atoms with Gasteiger partial charge in [0.25, 0.3) is 5.91 Å². The normalized spacial score (nSPS) is 10.7. The van der Waals surface area contributed by atoms with Gasteiger partial charge in [0.1, 0.15) is 0 Å². The molecule has 2 amide bonds. The van der Waals surface area contributed by atoms with Gasteiger partial charge in [0, 0.05) is 24.3 Å². The van der Waals surface area contributed by atoms with Crippen molar-refractivity contribution in [3.63, 3.8) is 0 Å². The third-order valence-corrected chi connectivity index (χ3v) is 4.79. The smallest absolute Gasteiger partial charge is 0.251 e. The minimum absolute atomic E-state index is 0.158. The first-order chi connectivity index (χ1) is 13.1. The molecule has 0 atom stereocenters. The lowest BCUT2D eigenvalue weighted by Crippen LogP contribution is -2.17. The van der Waals surface area contributed by atoms with E-state index in [4.69, 9.17) is 11.6 Å². The molecule has 8 heteroatoms. The molecule has 27 heavy (non-hydrogen) atoms. The summed E-state index contributed by atoms with van der Waals surface area (Å²) in [5, 5.41) is 14.8. The highest BCUT2D eigenvalue weighted by Gasteiger charge is 2.10. The second-order valence-electron chi connectivity index (χ2n) is 5.42. The molecule has 0 aliphatic heterocycles.